The van der Waals surface area contributed by atoms with Gasteiger partial charge in [-0.05, 0) is 31.1 Å². The minimum Gasteiger partial charge on any atom is -0.379 e. The Morgan fingerprint density at radius 3 is 2.65 bits per heavy atom. The van der Waals surface area contributed by atoms with Gasteiger partial charge in [-0.25, -0.2) is 0 Å². The standard InChI is InChI=1S/C20H24N2O/c1-14-5-7-15(8-6-14)17-9-10-21-18(17)11-19-20(2,3)12-16(22-19)13-23-4/h5-11,21H,12-13H2,1-4H3/b19-11-. The third kappa shape index (κ3) is 3.30. The van der Waals surface area contributed by atoms with Crippen molar-refractivity contribution in [3.63, 3.8) is 0 Å². The van der Waals surface area contributed by atoms with E-state index in [9.17, 15) is 0 Å². The fraction of sp³-hybridized carbons (Fsp3) is 0.350. The summed E-state index contributed by atoms with van der Waals surface area (Å²) in [4.78, 5) is 8.14. The molecule has 0 radical (unpaired) electrons. The zero-order valence-corrected chi connectivity index (χ0v) is 14.3. The number of methoxy groups -OCH3 is 1. The van der Waals surface area contributed by atoms with Crippen LogP contribution in [-0.4, -0.2) is 24.4 Å². The second-order valence-corrected chi connectivity index (χ2v) is 6.87. The van der Waals surface area contributed by atoms with Gasteiger partial charge in [0.1, 0.15) is 0 Å². The molecule has 1 N–H and O–H groups in total. The van der Waals surface area contributed by atoms with E-state index in [-0.39, 0.29) is 5.41 Å². The third-order valence-electron chi connectivity index (χ3n) is 4.35. The van der Waals surface area contributed by atoms with Crippen molar-refractivity contribution < 1.29 is 4.74 Å². The highest BCUT2D eigenvalue weighted by Gasteiger charge is 2.31. The van der Waals surface area contributed by atoms with Crippen molar-refractivity contribution in [3.8, 4) is 11.1 Å². The summed E-state index contributed by atoms with van der Waals surface area (Å²) in [5.41, 5.74) is 7.09. The maximum absolute atomic E-state index is 5.24. The highest BCUT2D eigenvalue weighted by Crippen LogP contribution is 2.39. The van der Waals surface area contributed by atoms with Crippen LogP contribution in [0, 0.1) is 12.3 Å². The molecule has 120 valence electrons. The Kier molecular flexibility index (Phi) is 4.22. The topological polar surface area (TPSA) is 37.4 Å². The summed E-state index contributed by atoms with van der Waals surface area (Å²) >= 11 is 0. The van der Waals surface area contributed by atoms with Gasteiger partial charge in [0, 0.05) is 41.4 Å². The summed E-state index contributed by atoms with van der Waals surface area (Å²) in [6.45, 7) is 7.19. The molecule has 0 unspecified atom stereocenters. The van der Waals surface area contributed by atoms with Crippen LogP contribution in [0.4, 0.5) is 0 Å². The summed E-state index contributed by atoms with van der Waals surface area (Å²) in [6, 6.07) is 10.7. The minimum atomic E-state index is 0.0452. The average molecular weight is 308 g/mol. The molecular formula is C20H24N2O. The molecule has 0 saturated carbocycles. The molecule has 0 bridgehead atoms. The fourth-order valence-electron chi connectivity index (χ4n) is 3.06. The highest BCUT2D eigenvalue weighted by atomic mass is 16.5. The zero-order chi connectivity index (χ0) is 16.4. The van der Waals surface area contributed by atoms with E-state index < -0.39 is 0 Å². The van der Waals surface area contributed by atoms with Crippen LogP contribution in [-0.2, 0) is 4.74 Å². The van der Waals surface area contributed by atoms with Gasteiger partial charge >= 0.3 is 0 Å². The van der Waals surface area contributed by atoms with Crippen molar-refractivity contribution in [3.05, 3.63) is 53.5 Å². The molecule has 1 aromatic heterocycles. The van der Waals surface area contributed by atoms with E-state index in [1.165, 1.54) is 16.7 Å². The van der Waals surface area contributed by atoms with E-state index in [2.05, 4.69) is 62.2 Å². The lowest BCUT2D eigenvalue weighted by Gasteiger charge is -2.18. The Hall–Kier alpha value is -2.13. The van der Waals surface area contributed by atoms with Crippen LogP contribution in [0.2, 0.25) is 0 Å². The second-order valence-electron chi connectivity index (χ2n) is 6.87. The summed E-state index contributed by atoms with van der Waals surface area (Å²) in [6.07, 6.45) is 5.12. The third-order valence-corrected chi connectivity index (χ3v) is 4.35. The van der Waals surface area contributed by atoms with Crippen molar-refractivity contribution in [1.82, 2.24) is 4.98 Å². The molecule has 3 nitrogen and oxygen atoms in total. The number of allylic oxidation sites excluding steroid dienone is 1. The van der Waals surface area contributed by atoms with Gasteiger partial charge in [-0.3, -0.25) is 4.99 Å². The van der Waals surface area contributed by atoms with E-state index in [1.54, 1.807) is 7.11 Å². The SMILES string of the molecule is COCC1=N/C(=C\c2[nH]ccc2-c2ccc(C)cc2)C(C)(C)C1. The van der Waals surface area contributed by atoms with E-state index >= 15 is 0 Å². The van der Waals surface area contributed by atoms with Gasteiger partial charge in [-0.15, -0.1) is 0 Å². The summed E-state index contributed by atoms with van der Waals surface area (Å²) < 4.78 is 5.24. The summed E-state index contributed by atoms with van der Waals surface area (Å²) in [5, 5.41) is 0. The first-order chi connectivity index (χ1) is 11.0. The fourth-order valence-corrected chi connectivity index (χ4v) is 3.06. The van der Waals surface area contributed by atoms with Gasteiger partial charge in [-0.1, -0.05) is 43.7 Å². The summed E-state index contributed by atoms with van der Waals surface area (Å²) in [7, 11) is 1.72. The van der Waals surface area contributed by atoms with Crippen LogP contribution in [0.25, 0.3) is 17.2 Å². The van der Waals surface area contributed by atoms with Gasteiger partial charge in [0.2, 0.25) is 0 Å². The number of H-pyrrole nitrogens is 1. The maximum Gasteiger partial charge on any atom is 0.0845 e. The molecule has 2 aromatic rings. The monoisotopic (exact) mass is 308 g/mol. The number of hydrogen-bond donors (Lipinski definition) is 1. The predicted octanol–water partition coefficient (Wildman–Crippen LogP) is 4.85. The molecule has 1 aromatic carbocycles. The number of hydrogen-bond acceptors (Lipinski definition) is 2. The lowest BCUT2D eigenvalue weighted by Crippen LogP contribution is -2.13. The van der Waals surface area contributed by atoms with Crippen molar-refractivity contribution in [2.24, 2.45) is 10.4 Å². The van der Waals surface area contributed by atoms with Gasteiger partial charge in [0.05, 0.1) is 6.61 Å². The molecule has 1 aliphatic heterocycles. The number of aromatic amines is 1. The molecule has 0 fully saturated rings. The van der Waals surface area contributed by atoms with Crippen molar-refractivity contribution in [2.45, 2.75) is 27.2 Å². The Morgan fingerprint density at radius 1 is 1.22 bits per heavy atom. The lowest BCUT2D eigenvalue weighted by atomic mass is 9.86. The molecule has 0 aliphatic carbocycles. The number of nitrogens with zero attached hydrogens (tertiary/aromatic N) is 1. The predicted molar refractivity (Wildman–Crippen MR) is 96.7 cm³/mol. The molecule has 1 aliphatic rings. The Balaban J connectivity index is 1.97. The number of aliphatic imine (C=N–C) groups is 1. The van der Waals surface area contributed by atoms with Gasteiger partial charge < -0.3 is 9.72 Å². The first-order valence-corrected chi connectivity index (χ1v) is 8.01. The van der Waals surface area contributed by atoms with Gasteiger partial charge in [-0.2, -0.15) is 0 Å². The normalized spacial score (nSPS) is 18.4. The van der Waals surface area contributed by atoms with Gasteiger partial charge in [0.25, 0.3) is 0 Å². The maximum atomic E-state index is 5.24. The van der Waals surface area contributed by atoms with Crippen molar-refractivity contribution in [2.75, 3.05) is 13.7 Å². The van der Waals surface area contributed by atoms with E-state index in [0.717, 1.165) is 23.5 Å². The van der Waals surface area contributed by atoms with Crippen LogP contribution in [0.15, 0.2) is 47.2 Å². The average Bonchev–Trinajstić information content (AvgIpc) is 3.05. The first kappa shape index (κ1) is 15.8. The molecule has 0 amide bonds. The molecular weight excluding hydrogens is 284 g/mol. The van der Waals surface area contributed by atoms with E-state index in [4.69, 9.17) is 9.73 Å². The smallest absolute Gasteiger partial charge is 0.0845 e. The lowest BCUT2D eigenvalue weighted by molar-refractivity contribution is 0.243. The largest absolute Gasteiger partial charge is 0.379 e. The van der Waals surface area contributed by atoms with E-state index in [0.29, 0.717) is 6.61 Å². The molecule has 0 saturated heterocycles. The van der Waals surface area contributed by atoms with Gasteiger partial charge in [0.15, 0.2) is 0 Å². The highest BCUT2D eigenvalue weighted by molar-refractivity contribution is 5.91. The number of rotatable bonds is 4. The van der Waals surface area contributed by atoms with E-state index in [1.807, 2.05) is 6.20 Å². The van der Waals surface area contributed by atoms with Crippen LogP contribution in [0.1, 0.15) is 31.5 Å². The number of ether oxygens (including phenoxy) is 1. The Labute approximate surface area is 138 Å². The van der Waals surface area contributed by atoms with Crippen LogP contribution < -0.4 is 0 Å². The van der Waals surface area contributed by atoms with Crippen LogP contribution in [0.5, 0.6) is 0 Å². The zero-order valence-electron chi connectivity index (χ0n) is 14.3. The molecule has 3 heteroatoms. The van der Waals surface area contributed by atoms with Crippen molar-refractivity contribution >= 4 is 11.8 Å². The summed E-state index contributed by atoms with van der Waals surface area (Å²) in [5.74, 6) is 0. The number of aromatic nitrogens is 1. The molecule has 23 heavy (non-hydrogen) atoms. The second kappa shape index (κ2) is 6.17. The molecule has 3 rings (SSSR count). The molecule has 0 spiro atoms. The first-order valence-electron chi connectivity index (χ1n) is 8.01. The number of nitrogens with one attached hydrogen (secondary N) is 1. The van der Waals surface area contributed by atoms with Crippen LogP contribution in [0.3, 0.4) is 0 Å². The Morgan fingerprint density at radius 2 is 1.96 bits per heavy atom. The van der Waals surface area contributed by atoms with Crippen LogP contribution >= 0.6 is 0 Å². The number of benzene rings is 1. The molecule has 2 heterocycles. The Bertz CT molecular complexity index is 748. The van der Waals surface area contributed by atoms with Crippen molar-refractivity contribution in [1.29, 1.82) is 0 Å². The quantitative estimate of drug-likeness (QED) is 0.861. The number of aryl methyl sites for hydroxylation is 1. The minimum absolute atomic E-state index is 0.0452. The molecule has 0 atom stereocenters.